The molecule has 0 heterocycles. The Kier molecular flexibility index (Phi) is 4.70. The zero-order chi connectivity index (χ0) is 15.4. The summed E-state index contributed by atoms with van der Waals surface area (Å²) in [7, 11) is 0. The van der Waals surface area contributed by atoms with Gasteiger partial charge in [0.1, 0.15) is 5.75 Å². The number of ketones is 1. The molecule has 2 aromatic rings. The number of rotatable bonds is 5. The number of hydrogen-bond acceptors (Lipinski definition) is 4. The molecule has 2 rings (SSSR count). The molecular formula is C15H12BrNO4. The number of ether oxygens (including phenoxy) is 1. The van der Waals surface area contributed by atoms with E-state index in [2.05, 4.69) is 15.9 Å². The van der Waals surface area contributed by atoms with Gasteiger partial charge in [0.2, 0.25) is 0 Å². The Labute approximate surface area is 129 Å². The van der Waals surface area contributed by atoms with E-state index in [9.17, 15) is 14.9 Å². The summed E-state index contributed by atoms with van der Waals surface area (Å²) in [5.41, 5.74) is 1.36. The smallest absolute Gasteiger partial charge is 0.274 e. The summed E-state index contributed by atoms with van der Waals surface area (Å²) in [5, 5.41) is 10.8. The van der Waals surface area contributed by atoms with Crippen molar-refractivity contribution < 1.29 is 14.5 Å². The first-order chi connectivity index (χ1) is 9.97. The Morgan fingerprint density at radius 3 is 2.67 bits per heavy atom. The number of nitrogens with zero attached hydrogens (tertiary/aromatic N) is 1. The number of halogens is 1. The molecule has 0 unspecified atom stereocenters. The average molecular weight is 350 g/mol. The first-order valence-electron chi connectivity index (χ1n) is 6.14. The molecule has 0 aliphatic carbocycles. The minimum absolute atomic E-state index is 0.0947. The maximum absolute atomic E-state index is 12.1. The van der Waals surface area contributed by atoms with Crippen LogP contribution in [0.25, 0.3) is 0 Å². The van der Waals surface area contributed by atoms with Gasteiger partial charge in [0.05, 0.1) is 11.0 Å². The van der Waals surface area contributed by atoms with Crippen molar-refractivity contribution in [2.45, 2.75) is 6.92 Å². The van der Waals surface area contributed by atoms with Gasteiger partial charge in [-0.15, -0.1) is 0 Å². The lowest BCUT2D eigenvalue weighted by molar-refractivity contribution is -0.385. The zero-order valence-corrected chi connectivity index (χ0v) is 12.8. The van der Waals surface area contributed by atoms with Crippen LogP contribution in [0.2, 0.25) is 0 Å². The van der Waals surface area contributed by atoms with Gasteiger partial charge < -0.3 is 4.74 Å². The van der Waals surface area contributed by atoms with E-state index >= 15 is 0 Å². The topological polar surface area (TPSA) is 69.4 Å². The summed E-state index contributed by atoms with van der Waals surface area (Å²) in [4.78, 5) is 22.3. The van der Waals surface area contributed by atoms with Gasteiger partial charge >= 0.3 is 0 Å². The van der Waals surface area contributed by atoms with E-state index in [1.54, 1.807) is 18.2 Å². The molecule has 0 atom stereocenters. The number of carbonyl (C=O) groups excluding carboxylic acids is 1. The normalized spacial score (nSPS) is 10.2. The van der Waals surface area contributed by atoms with Crippen molar-refractivity contribution in [3.05, 3.63) is 68.2 Å². The van der Waals surface area contributed by atoms with Crippen LogP contribution in [-0.2, 0) is 0 Å². The predicted molar refractivity (Wildman–Crippen MR) is 81.8 cm³/mol. The molecule has 0 aliphatic heterocycles. The first-order valence-corrected chi connectivity index (χ1v) is 6.93. The molecule has 0 fully saturated rings. The minimum Gasteiger partial charge on any atom is -0.485 e. The number of benzene rings is 2. The van der Waals surface area contributed by atoms with Crippen molar-refractivity contribution in [3.63, 3.8) is 0 Å². The Balaban J connectivity index is 2.11. The lowest BCUT2D eigenvalue weighted by Gasteiger charge is -2.07. The second-order valence-electron chi connectivity index (χ2n) is 4.43. The van der Waals surface area contributed by atoms with Crippen molar-refractivity contribution in [2.75, 3.05) is 6.61 Å². The van der Waals surface area contributed by atoms with Gasteiger partial charge in [-0.25, -0.2) is 0 Å². The first kappa shape index (κ1) is 15.2. The van der Waals surface area contributed by atoms with E-state index in [-0.39, 0.29) is 23.8 Å². The molecule has 0 spiro atoms. The fourth-order valence-corrected chi connectivity index (χ4v) is 2.31. The van der Waals surface area contributed by atoms with E-state index in [1.165, 1.54) is 12.1 Å². The number of Topliss-reactive ketones (excluding diaryl/α,β-unsaturated/α-hetero) is 1. The standard InChI is InChI=1S/C15H12BrNO4/c1-10-4-2-3-5-14(10)15(18)9-21-13-7-11(16)6-12(8-13)17(19)20/h2-8H,9H2,1H3. The molecule has 21 heavy (non-hydrogen) atoms. The van der Waals surface area contributed by atoms with Crippen LogP contribution in [0.1, 0.15) is 15.9 Å². The van der Waals surface area contributed by atoms with Crippen LogP contribution in [0, 0.1) is 17.0 Å². The molecule has 0 radical (unpaired) electrons. The SMILES string of the molecule is Cc1ccccc1C(=O)COc1cc(Br)cc([N+](=O)[O-])c1. The summed E-state index contributed by atoms with van der Waals surface area (Å²) in [6, 6.07) is 11.4. The predicted octanol–water partition coefficient (Wildman–Crippen LogP) is 3.93. The Morgan fingerprint density at radius 2 is 2.00 bits per heavy atom. The van der Waals surface area contributed by atoms with Gasteiger partial charge in [-0.05, 0) is 18.6 Å². The molecule has 2 aromatic carbocycles. The third-order valence-electron chi connectivity index (χ3n) is 2.88. The van der Waals surface area contributed by atoms with Crippen LogP contribution in [0.5, 0.6) is 5.75 Å². The lowest BCUT2D eigenvalue weighted by Crippen LogP contribution is -2.12. The average Bonchev–Trinajstić information content (AvgIpc) is 2.44. The number of non-ortho nitro benzene ring substituents is 1. The van der Waals surface area contributed by atoms with E-state index in [0.717, 1.165) is 5.56 Å². The number of nitro benzene ring substituents is 1. The number of aryl methyl sites for hydroxylation is 1. The van der Waals surface area contributed by atoms with Gasteiger partial charge in [-0.1, -0.05) is 40.2 Å². The van der Waals surface area contributed by atoms with E-state index in [4.69, 9.17) is 4.74 Å². The molecule has 0 bridgehead atoms. The third kappa shape index (κ3) is 3.88. The summed E-state index contributed by atoms with van der Waals surface area (Å²) in [6.07, 6.45) is 0. The minimum atomic E-state index is -0.513. The molecule has 0 saturated carbocycles. The second-order valence-corrected chi connectivity index (χ2v) is 5.34. The highest BCUT2D eigenvalue weighted by Crippen LogP contribution is 2.26. The number of carbonyl (C=O) groups is 1. The Hall–Kier alpha value is -2.21. The van der Waals surface area contributed by atoms with Crippen LogP contribution in [-0.4, -0.2) is 17.3 Å². The van der Waals surface area contributed by atoms with E-state index in [0.29, 0.717) is 10.0 Å². The van der Waals surface area contributed by atoms with Crippen LogP contribution in [0.3, 0.4) is 0 Å². The highest BCUT2D eigenvalue weighted by Gasteiger charge is 2.12. The van der Waals surface area contributed by atoms with Crippen molar-refractivity contribution in [3.8, 4) is 5.75 Å². The van der Waals surface area contributed by atoms with Gasteiger partial charge in [0.15, 0.2) is 12.4 Å². The maximum atomic E-state index is 12.1. The van der Waals surface area contributed by atoms with Crippen LogP contribution in [0.4, 0.5) is 5.69 Å². The summed E-state index contributed by atoms with van der Waals surface area (Å²) < 4.78 is 5.89. The molecular weight excluding hydrogens is 338 g/mol. The van der Waals surface area contributed by atoms with Crippen molar-refractivity contribution in [1.82, 2.24) is 0 Å². The quantitative estimate of drug-likeness (QED) is 0.465. The van der Waals surface area contributed by atoms with Gasteiger partial charge in [0.25, 0.3) is 5.69 Å². The summed E-state index contributed by atoms with van der Waals surface area (Å²) >= 11 is 3.18. The van der Waals surface area contributed by atoms with E-state index in [1.807, 2.05) is 19.1 Å². The van der Waals surface area contributed by atoms with E-state index < -0.39 is 4.92 Å². The van der Waals surface area contributed by atoms with Crippen LogP contribution in [0.15, 0.2) is 46.9 Å². The molecule has 0 aromatic heterocycles. The largest absolute Gasteiger partial charge is 0.485 e. The second kappa shape index (κ2) is 6.49. The maximum Gasteiger partial charge on any atom is 0.274 e. The summed E-state index contributed by atoms with van der Waals surface area (Å²) in [6.45, 7) is 1.68. The van der Waals surface area contributed by atoms with Crippen molar-refractivity contribution >= 4 is 27.4 Å². The Morgan fingerprint density at radius 1 is 1.29 bits per heavy atom. The fraction of sp³-hybridized carbons (Fsp3) is 0.133. The molecule has 6 heteroatoms. The van der Waals surface area contributed by atoms with Crippen LogP contribution >= 0.6 is 15.9 Å². The number of hydrogen-bond donors (Lipinski definition) is 0. The zero-order valence-electron chi connectivity index (χ0n) is 11.2. The molecule has 0 N–H and O–H groups in total. The highest BCUT2D eigenvalue weighted by molar-refractivity contribution is 9.10. The molecule has 0 saturated heterocycles. The van der Waals surface area contributed by atoms with Gasteiger partial charge in [-0.2, -0.15) is 0 Å². The molecule has 5 nitrogen and oxygen atoms in total. The highest BCUT2D eigenvalue weighted by atomic mass is 79.9. The lowest BCUT2D eigenvalue weighted by atomic mass is 10.1. The van der Waals surface area contributed by atoms with Crippen molar-refractivity contribution in [2.24, 2.45) is 0 Å². The molecule has 0 aliphatic rings. The monoisotopic (exact) mass is 349 g/mol. The fourth-order valence-electron chi connectivity index (χ4n) is 1.85. The van der Waals surface area contributed by atoms with Crippen molar-refractivity contribution in [1.29, 1.82) is 0 Å². The number of nitro groups is 1. The molecule has 0 amide bonds. The Bertz CT molecular complexity index is 700. The van der Waals surface area contributed by atoms with Gasteiger partial charge in [0, 0.05) is 16.1 Å². The third-order valence-corrected chi connectivity index (χ3v) is 3.34. The summed E-state index contributed by atoms with van der Waals surface area (Å²) in [5.74, 6) is 0.105. The molecule has 108 valence electrons. The van der Waals surface area contributed by atoms with Crippen LogP contribution < -0.4 is 4.74 Å². The van der Waals surface area contributed by atoms with Gasteiger partial charge in [-0.3, -0.25) is 14.9 Å².